The fourth-order valence-electron chi connectivity index (χ4n) is 4.14. The van der Waals surface area contributed by atoms with E-state index >= 15 is 4.39 Å². The fraction of sp³-hybridized carbons (Fsp3) is 0.217. The maximum Gasteiger partial charge on any atom is 0.345 e. The lowest BCUT2D eigenvalue weighted by Gasteiger charge is -2.18. The summed E-state index contributed by atoms with van der Waals surface area (Å²) in [6.07, 6.45) is 7.24. The molecule has 0 radical (unpaired) electrons. The van der Waals surface area contributed by atoms with Crippen molar-refractivity contribution >= 4 is 23.2 Å². The first-order valence-corrected chi connectivity index (χ1v) is 12.1. The molecule has 0 aliphatic heterocycles. The van der Waals surface area contributed by atoms with Crippen molar-refractivity contribution in [2.24, 2.45) is 7.05 Å². The van der Waals surface area contributed by atoms with E-state index in [0.717, 1.165) is 6.20 Å². The van der Waals surface area contributed by atoms with Crippen molar-refractivity contribution in [2.75, 3.05) is 6.61 Å². The summed E-state index contributed by atoms with van der Waals surface area (Å²) < 4.78 is 49.9. The van der Waals surface area contributed by atoms with Crippen LogP contribution in [0.3, 0.4) is 0 Å². The van der Waals surface area contributed by atoms with Gasteiger partial charge in [-0.05, 0) is 18.2 Å². The number of ether oxygens (including phenoxy) is 1. The Morgan fingerprint density at radius 1 is 1.08 bits per heavy atom. The van der Waals surface area contributed by atoms with Gasteiger partial charge >= 0.3 is 6.61 Å². The third-order valence-electron chi connectivity index (χ3n) is 5.93. The Labute approximate surface area is 228 Å². The molecule has 0 aliphatic carbocycles. The summed E-state index contributed by atoms with van der Waals surface area (Å²) in [5.74, 6) is -0.781. The van der Waals surface area contributed by atoms with Crippen LogP contribution in [0.25, 0.3) is 28.1 Å². The molecule has 0 bridgehead atoms. The lowest BCUT2D eigenvalue weighted by molar-refractivity contribution is -0.615. The zero-order chi connectivity index (χ0) is 27.7. The van der Waals surface area contributed by atoms with Gasteiger partial charge < -0.3 is 9.94 Å². The van der Waals surface area contributed by atoms with E-state index in [4.69, 9.17) is 23.2 Å². The third kappa shape index (κ3) is 5.44. The maximum atomic E-state index is 15.3. The van der Waals surface area contributed by atoms with Gasteiger partial charge in [-0.25, -0.2) is 13.8 Å². The van der Waals surface area contributed by atoms with Crippen LogP contribution < -0.4 is 4.73 Å². The molecule has 0 N–H and O–H groups in total. The lowest BCUT2D eigenvalue weighted by atomic mass is 10.0. The predicted octanol–water partition coefficient (Wildman–Crippen LogP) is 4.22. The zero-order valence-corrected chi connectivity index (χ0v) is 21.5. The minimum atomic E-state index is -2.98. The first-order chi connectivity index (χ1) is 18.7. The number of aryl methyl sites for hydroxylation is 1. The van der Waals surface area contributed by atoms with Gasteiger partial charge in [0.2, 0.25) is 5.69 Å². The number of pyridine rings is 1. The minimum Gasteiger partial charge on any atom is -0.618 e. The number of nitrogens with zero attached hydrogens (tertiary/aromatic N) is 9. The predicted molar refractivity (Wildman–Crippen MR) is 133 cm³/mol. The lowest BCUT2D eigenvalue weighted by Crippen LogP contribution is -2.36. The second-order valence-electron chi connectivity index (χ2n) is 8.30. The van der Waals surface area contributed by atoms with Crippen LogP contribution in [-0.2, 0) is 11.8 Å². The van der Waals surface area contributed by atoms with E-state index in [2.05, 4.69) is 30.5 Å². The molecule has 16 heteroatoms. The SMILES string of the molecule is Cn1nncc1-c1cnn([C@H](CCOC(F)F)c2ccc(-c3c(-n4cc(Cl)nn4)ccc(Cl)c3F)c[n+]2[O-])c1. The van der Waals surface area contributed by atoms with Crippen LogP contribution in [0, 0.1) is 11.0 Å². The average Bonchev–Trinajstić information content (AvgIpc) is 3.65. The molecule has 0 fully saturated rings. The second kappa shape index (κ2) is 11.0. The molecule has 1 atom stereocenters. The van der Waals surface area contributed by atoms with E-state index < -0.39 is 18.5 Å². The van der Waals surface area contributed by atoms with Gasteiger partial charge in [-0.1, -0.05) is 33.6 Å². The van der Waals surface area contributed by atoms with E-state index in [1.165, 1.54) is 50.7 Å². The number of hydrogen-bond acceptors (Lipinski definition) is 7. The number of aromatic nitrogens is 9. The summed E-state index contributed by atoms with van der Waals surface area (Å²) in [5, 5.41) is 32.9. The van der Waals surface area contributed by atoms with Gasteiger partial charge in [0.05, 0.1) is 52.7 Å². The van der Waals surface area contributed by atoms with E-state index in [-0.39, 0.29) is 45.7 Å². The molecule has 0 saturated carbocycles. The molecule has 0 saturated heterocycles. The molecule has 1 aromatic carbocycles. The quantitative estimate of drug-likeness (QED) is 0.189. The van der Waals surface area contributed by atoms with Gasteiger partial charge in [-0.15, -0.1) is 10.2 Å². The molecular weight excluding hydrogens is 562 g/mol. The molecule has 0 amide bonds. The third-order valence-corrected chi connectivity index (χ3v) is 6.39. The zero-order valence-electron chi connectivity index (χ0n) is 20.0. The van der Waals surface area contributed by atoms with Crippen molar-refractivity contribution in [3.8, 4) is 28.1 Å². The molecule has 0 aliphatic rings. The van der Waals surface area contributed by atoms with Crippen LogP contribution in [0.4, 0.5) is 13.2 Å². The summed E-state index contributed by atoms with van der Waals surface area (Å²) in [6, 6.07) is 5.02. The van der Waals surface area contributed by atoms with Crippen LogP contribution in [0.1, 0.15) is 18.2 Å². The van der Waals surface area contributed by atoms with Gasteiger partial charge in [-0.2, -0.15) is 18.6 Å². The van der Waals surface area contributed by atoms with Gasteiger partial charge in [-0.3, -0.25) is 4.68 Å². The number of halogens is 5. The fourth-order valence-corrected chi connectivity index (χ4v) is 4.43. The Balaban J connectivity index is 1.55. The van der Waals surface area contributed by atoms with Crippen molar-refractivity contribution in [3.05, 3.63) is 82.1 Å². The normalized spacial score (nSPS) is 12.4. The van der Waals surface area contributed by atoms with Crippen molar-refractivity contribution in [1.29, 1.82) is 0 Å². The van der Waals surface area contributed by atoms with Crippen LogP contribution in [0.15, 0.2) is 55.2 Å². The summed E-state index contributed by atoms with van der Waals surface area (Å²) in [4.78, 5) is 0. The second-order valence-corrected chi connectivity index (χ2v) is 9.09. The summed E-state index contributed by atoms with van der Waals surface area (Å²) in [7, 11) is 1.70. The van der Waals surface area contributed by atoms with Crippen molar-refractivity contribution < 1.29 is 22.6 Å². The number of hydrogen-bond donors (Lipinski definition) is 0. The largest absolute Gasteiger partial charge is 0.618 e. The molecule has 0 unspecified atom stereocenters. The first-order valence-electron chi connectivity index (χ1n) is 11.3. The standard InChI is InChI=1S/C23H18Cl2F3N9O2/c1-34-19(9-29-32-34)14-8-30-35(10-14)16(6-7-39-23(27)28)17-4-2-13(11-37(17)38)21-18(5-3-15(24)22(21)26)36-12-20(25)31-33-36/h2-5,8-12,16,23H,6-7H2,1H3/t16-/m1/s1. The van der Waals surface area contributed by atoms with Gasteiger partial charge in [0.15, 0.2) is 17.2 Å². The van der Waals surface area contributed by atoms with E-state index in [1.807, 2.05) is 0 Å². The highest BCUT2D eigenvalue weighted by atomic mass is 35.5. The van der Waals surface area contributed by atoms with Gasteiger partial charge in [0.1, 0.15) is 6.04 Å². The molecular formula is C23H18Cl2F3N9O2. The highest BCUT2D eigenvalue weighted by molar-refractivity contribution is 6.31. The highest BCUT2D eigenvalue weighted by Crippen LogP contribution is 2.34. The molecule has 202 valence electrons. The maximum absolute atomic E-state index is 15.3. The molecule has 4 heterocycles. The Kier molecular flexibility index (Phi) is 7.50. The van der Waals surface area contributed by atoms with Crippen LogP contribution in [0.5, 0.6) is 0 Å². The van der Waals surface area contributed by atoms with E-state index in [9.17, 15) is 14.0 Å². The monoisotopic (exact) mass is 579 g/mol. The number of rotatable bonds is 9. The van der Waals surface area contributed by atoms with E-state index in [1.54, 1.807) is 19.4 Å². The van der Waals surface area contributed by atoms with E-state index in [0.29, 0.717) is 16.0 Å². The Morgan fingerprint density at radius 3 is 2.56 bits per heavy atom. The summed E-state index contributed by atoms with van der Waals surface area (Å²) in [5.41, 5.74) is 1.87. The van der Waals surface area contributed by atoms with Crippen LogP contribution in [-0.4, -0.2) is 53.0 Å². The van der Waals surface area contributed by atoms with Crippen molar-refractivity contribution in [3.63, 3.8) is 0 Å². The average molecular weight is 580 g/mol. The molecule has 5 aromatic rings. The Morgan fingerprint density at radius 2 is 1.90 bits per heavy atom. The molecule has 4 aromatic heterocycles. The van der Waals surface area contributed by atoms with Gasteiger partial charge in [0, 0.05) is 31.3 Å². The summed E-state index contributed by atoms with van der Waals surface area (Å²) in [6.45, 7) is -3.33. The van der Waals surface area contributed by atoms with Crippen molar-refractivity contribution in [2.45, 2.75) is 19.1 Å². The van der Waals surface area contributed by atoms with Gasteiger partial charge in [0.25, 0.3) is 0 Å². The highest BCUT2D eigenvalue weighted by Gasteiger charge is 2.26. The minimum absolute atomic E-state index is 0.00901. The summed E-state index contributed by atoms with van der Waals surface area (Å²) >= 11 is 11.9. The Hall–Kier alpha value is -4.01. The smallest absolute Gasteiger partial charge is 0.345 e. The molecule has 11 nitrogen and oxygen atoms in total. The number of alkyl halides is 2. The molecule has 39 heavy (non-hydrogen) atoms. The first kappa shape index (κ1) is 26.6. The van der Waals surface area contributed by atoms with Crippen LogP contribution >= 0.6 is 23.2 Å². The molecule has 0 spiro atoms. The number of benzene rings is 1. The topological polar surface area (TPSA) is 115 Å². The Bertz CT molecular complexity index is 1620. The van der Waals surface area contributed by atoms with Crippen LogP contribution in [0.2, 0.25) is 10.2 Å². The molecule has 5 rings (SSSR count). The van der Waals surface area contributed by atoms with Crippen molar-refractivity contribution in [1.82, 2.24) is 39.8 Å².